The van der Waals surface area contributed by atoms with E-state index in [0.29, 0.717) is 42.2 Å². The number of amides is 1. The Kier molecular flexibility index (Phi) is 8.72. The van der Waals surface area contributed by atoms with Crippen LogP contribution in [-0.2, 0) is 22.3 Å². The Morgan fingerprint density at radius 2 is 1.90 bits per heavy atom. The number of hydroxylamine groups is 1. The molecule has 0 bridgehead atoms. The molecule has 1 aliphatic heterocycles. The Balaban J connectivity index is 1.27. The Labute approximate surface area is 232 Å². The number of methoxy groups -OCH3 is 2. The number of hydrogen-bond acceptors (Lipinski definition) is 8. The molecule has 9 nitrogen and oxygen atoms in total. The van der Waals surface area contributed by atoms with E-state index < -0.39 is 23.6 Å². The molecule has 1 saturated carbocycles. The summed E-state index contributed by atoms with van der Waals surface area (Å²) in [6.07, 6.45) is -3.25. The van der Waals surface area contributed by atoms with Crippen molar-refractivity contribution in [1.29, 1.82) is 0 Å². The summed E-state index contributed by atoms with van der Waals surface area (Å²) in [5, 5.41) is 5.14. The summed E-state index contributed by atoms with van der Waals surface area (Å²) in [7, 11) is 3.06. The molecule has 2 aliphatic rings. The highest BCUT2D eigenvalue weighted by Crippen LogP contribution is 2.39. The van der Waals surface area contributed by atoms with Crippen molar-refractivity contribution < 1.29 is 37.0 Å². The molecule has 14 heteroatoms. The molecule has 0 atom stereocenters. The number of aliphatic imine (C=N–C) groups is 1. The first-order valence-corrected chi connectivity index (χ1v) is 12.7. The minimum atomic E-state index is -4.57. The van der Waals surface area contributed by atoms with Crippen LogP contribution in [0.15, 0.2) is 41.4 Å². The zero-order valence-electron chi connectivity index (χ0n) is 21.0. The minimum Gasteiger partial charge on any atom is -0.493 e. The molecule has 1 fully saturated rings. The lowest BCUT2D eigenvalue weighted by Crippen LogP contribution is -2.37. The molecule has 1 aliphatic carbocycles. The van der Waals surface area contributed by atoms with Crippen molar-refractivity contribution in [2.45, 2.75) is 44.1 Å². The Morgan fingerprint density at radius 3 is 2.56 bits per heavy atom. The van der Waals surface area contributed by atoms with E-state index in [1.165, 1.54) is 26.4 Å². The fraction of sp³-hybridized carbons (Fsp3) is 0.400. The van der Waals surface area contributed by atoms with Gasteiger partial charge in [0.25, 0.3) is 0 Å². The highest BCUT2D eigenvalue weighted by molar-refractivity contribution is 7.80. The van der Waals surface area contributed by atoms with Crippen LogP contribution in [0, 0.1) is 5.92 Å². The lowest BCUT2D eigenvalue weighted by Gasteiger charge is -2.33. The van der Waals surface area contributed by atoms with E-state index in [-0.39, 0.29) is 29.2 Å². The van der Waals surface area contributed by atoms with Gasteiger partial charge in [-0.1, -0.05) is 29.9 Å². The number of rotatable bonds is 6. The molecule has 1 spiro atoms. The summed E-state index contributed by atoms with van der Waals surface area (Å²) in [6.45, 7) is 0.183. The van der Waals surface area contributed by atoms with Crippen LogP contribution in [0.3, 0.4) is 0 Å². The van der Waals surface area contributed by atoms with Gasteiger partial charge in [0.1, 0.15) is 0 Å². The number of carbonyl (C=O) groups is 1. The Morgan fingerprint density at radius 1 is 1.18 bits per heavy atom. The van der Waals surface area contributed by atoms with Gasteiger partial charge in [-0.3, -0.25) is 0 Å². The van der Waals surface area contributed by atoms with Crippen molar-refractivity contribution in [3.63, 3.8) is 0 Å². The predicted molar refractivity (Wildman–Crippen MR) is 142 cm³/mol. The van der Waals surface area contributed by atoms with Crippen LogP contribution in [0.1, 0.15) is 36.8 Å². The number of thiocarbonyl (C=S) groups is 1. The van der Waals surface area contributed by atoms with E-state index in [9.17, 15) is 18.0 Å². The number of nitrogens with one attached hydrogen (secondary N) is 3. The van der Waals surface area contributed by atoms with Crippen molar-refractivity contribution >= 4 is 46.6 Å². The topological polar surface area (TPSA) is 102 Å². The molecule has 0 radical (unpaired) electrons. The zero-order chi connectivity index (χ0) is 28.2. The van der Waals surface area contributed by atoms with E-state index in [2.05, 4.69) is 21.1 Å². The fourth-order valence-corrected chi connectivity index (χ4v) is 4.89. The SMILES string of the molecule is COc1ccc(CNC(=O)OC2=NC3(CCC(C(=S)Nc4ccc(Cl)c(C(F)(F)F)c4)CC3)ON2)cc1OC. The zero-order valence-corrected chi connectivity index (χ0v) is 22.6. The van der Waals surface area contributed by atoms with Gasteiger partial charge in [0.15, 0.2) is 17.2 Å². The van der Waals surface area contributed by atoms with Crippen molar-refractivity contribution in [3.8, 4) is 11.5 Å². The molecule has 0 aromatic heterocycles. The molecule has 0 saturated heterocycles. The van der Waals surface area contributed by atoms with Crippen molar-refractivity contribution in [2.24, 2.45) is 10.9 Å². The number of halogens is 4. The summed E-state index contributed by atoms with van der Waals surface area (Å²) in [6, 6.07) is 8.75. The van der Waals surface area contributed by atoms with Crippen molar-refractivity contribution in [2.75, 3.05) is 19.5 Å². The first-order chi connectivity index (χ1) is 18.5. The van der Waals surface area contributed by atoms with Gasteiger partial charge in [0.2, 0.25) is 0 Å². The van der Waals surface area contributed by atoms with Crippen molar-refractivity contribution in [1.82, 2.24) is 10.8 Å². The minimum absolute atomic E-state index is 0.0696. The highest BCUT2D eigenvalue weighted by Gasteiger charge is 2.43. The molecule has 4 rings (SSSR count). The molecule has 1 amide bonds. The largest absolute Gasteiger partial charge is 0.493 e. The Bertz CT molecular complexity index is 1270. The van der Waals surface area contributed by atoms with Gasteiger partial charge >= 0.3 is 18.3 Å². The smallest absolute Gasteiger partial charge is 0.417 e. The maximum absolute atomic E-state index is 13.2. The van der Waals surface area contributed by atoms with E-state index in [0.717, 1.165) is 11.6 Å². The van der Waals surface area contributed by atoms with Gasteiger partial charge in [-0.25, -0.2) is 15.1 Å². The number of anilines is 1. The van der Waals surface area contributed by atoms with Gasteiger partial charge < -0.3 is 24.8 Å². The van der Waals surface area contributed by atoms with E-state index in [1.54, 1.807) is 18.2 Å². The number of hydrogen-bond donors (Lipinski definition) is 3. The number of alkyl carbamates (subject to hydrolysis) is 1. The molecule has 2 aromatic rings. The average Bonchev–Trinajstić information content (AvgIpc) is 3.29. The lowest BCUT2D eigenvalue weighted by molar-refractivity contribution is -0.137. The number of amidine groups is 1. The first kappa shape index (κ1) is 28.7. The molecule has 2 aromatic carbocycles. The van der Waals surface area contributed by atoms with Gasteiger partial charge in [0.05, 0.1) is 29.8 Å². The number of alkyl halides is 3. The normalized spacial score (nSPS) is 20.6. The second-order valence-corrected chi connectivity index (χ2v) is 9.80. The van der Waals surface area contributed by atoms with E-state index in [1.807, 2.05) is 0 Å². The average molecular weight is 587 g/mol. The highest BCUT2D eigenvalue weighted by atomic mass is 35.5. The van der Waals surface area contributed by atoms with Gasteiger partial charge in [-0.05, 0) is 48.7 Å². The lowest BCUT2D eigenvalue weighted by atomic mass is 9.83. The Hall–Kier alpha value is -3.29. The molecular weight excluding hydrogens is 561 g/mol. The maximum atomic E-state index is 13.2. The molecule has 39 heavy (non-hydrogen) atoms. The standard InChI is InChI=1S/C25H26ClF3N4O5S/c1-35-19-6-3-14(11-20(19)36-2)13-30-23(34)37-22-32-24(38-33-22)9-7-15(8-10-24)21(39)31-16-4-5-18(26)17(12-16)25(27,28)29/h3-6,11-12,15H,7-10,13H2,1-2H3,(H,30,34)(H,31,39)(H,32,33). The molecular formula is C25H26ClF3N4O5S. The maximum Gasteiger partial charge on any atom is 0.417 e. The third kappa shape index (κ3) is 7.02. The van der Waals surface area contributed by atoms with Crippen LogP contribution in [-0.4, -0.2) is 37.0 Å². The van der Waals surface area contributed by atoms with Crippen LogP contribution in [0.4, 0.5) is 23.7 Å². The summed E-state index contributed by atoms with van der Waals surface area (Å²) < 4.78 is 55.1. The number of ether oxygens (including phenoxy) is 3. The summed E-state index contributed by atoms with van der Waals surface area (Å²) in [4.78, 5) is 22.7. The van der Waals surface area contributed by atoms with Crippen LogP contribution in [0.25, 0.3) is 0 Å². The summed E-state index contributed by atoms with van der Waals surface area (Å²) >= 11 is 11.1. The fourth-order valence-electron chi connectivity index (χ4n) is 4.31. The predicted octanol–water partition coefficient (Wildman–Crippen LogP) is 5.82. The monoisotopic (exact) mass is 586 g/mol. The van der Waals surface area contributed by atoms with Crippen LogP contribution >= 0.6 is 23.8 Å². The molecule has 210 valence electrons. The van der Waals surface area contributed by atoms with E-state index in [4.69, 9.17) is 42.9 Å². The molecule has 0 unspecified atom stereocenters. The number of benzene rings is 2. The van der Waals surface area contributed by atoms with Gasteiger partial charge in [0, 0.05) is 31.0 Å². The quantitative estimate of drug-likeness (QED) is 0.364. The van der Waals surface area contributed by atoms with Gasteiger partial charge in [-0.2, -0.15) is 18.2 Å². The van der Waals surface area contributed by atoms with Crippen LogP contribution in [0.2, 0.25) is 5.02 Å². The second-order valence-electron chi connectivity index (χ2n) is 8.96. The third-order valence-corrected chi connectivity index (χ3v) is 7.15. The van der Waals surface area contributed by atoms with E-state index >= 15 is 0 Å². The van der Waals surface area contributed by atoms with Crippen molar-refractivity contribution in [3.05, 3.63) is 52.5 Å². The van der Waals surface area contributed by atoms with Crippen LogP contribution < -0.4 is 25.6 Å². The molecule has 3 N–H and O–H groups in total. The second kappa shape index (κ2) is 11.8. The first-order valence-electron chi connectivity index (χ1n) is 11.9. The molecule has 1 heterocycles. The number of nitrogens with zero attached hydrogens (tertiary/aromatic N) is 1. The third-order valence-electron chi connectivity index (χ3n) is 6.38. The summed E-state index contributed by atoms with van der Waals surface area (Å²) in [5.74, 6) is 1.01. The number of carbonyl (C=O) groups excluding carboxylic acids is 1. The van der Waals surface area contributed by atoms with Crippen LogP contribution in [0.5, 0.6) is 11.5 Å². The summed E-state index contributed by atoms with van der Waals surface area (Å²) in [5.41, 5.74) is 1.68. The van der Waals surface area contributed by atoms with Gasteiger partial charge in [-0.15, -0.1) is 0 Å².